The number of carboxylic acids is 1. The van der Waals surface area contributed by atoms with Crippen LogP contribution in [0.15, 0.2) is 11.1 Å². The molecule has 0 bridgehead atoms. The molecule has 0 amide bonds. The van der Waals surface area contributed by atoms with Crippen LogP contribution in [-0.2, 0) is 19.1 Å². The van der Waals surface area contributed by atoms with Gasteiger partial charge < -0.3 is 15.6 Å². The molecule has 6 nitrogen and oxygen atoms in total. The maximum absolute atomic E-state index is 13.3. The Morgan fingerprint density at radius 2 is 1.66 bits per heavy atom. The van der Waals surface area contributed by atoms with E-state index in [0.29, 0.717) is 24.0 Å². The van der Waals surface area contributed by atoms with Crippen LogP contribution in [0.25, 0.3) is 0 Å². The van der Waals surface area contributed by atoms with E-state index in [4.69, 9.17) is 10.5 Å². The van der Waals surface area contributed by atoms with Crippen LogP contribution in [-0.4, -0.2) is 34.5 Å². The SMILES string of the molecule is CC(C)C1C(=O)C[C@]2(N)CC[C@]3(C)C(=C12)CC[C@@H]1[C@@]2(C)CC[C@H](OC(=O)CC(C)(C)C(=O)O)C(C)(C)[C@@H]2CC[C@]13C. The fourth-order valence-electron chi connectivity index (χ4n) is 11.3. The number of Topliss-reactive ketones (excluding diaryl/α,β-unsaturated/α-hetero) is 1. The maximum atomic E-state index is 13.3. The molecule has 0 aromatic heterocycles. The van der Waals surface area contributed by atoms with Crippen LogP contribution < -0.4 is 5.73 Å². The molecule has 0 aromatic carbocycles. The van der Waals surface area contributed by atoms with Crippen molar-refractivity contribution >= 4 is 17.7 Å². The third kappa shape index (κ3) is 4.23. The molecule has 4 saturated carbocycles. The number of hydrogen-bond donors (Lipinski definition) is 2. The summed E-state index contributed by atoms with van der Waals surface area (Å²) in [5, 5.41) is 9.51. The highest BCUT2D eigenvalue weighted by molar-refractivity contribution is 5.91. The molecule has 0 radical (unpaired) electrons. The van der Waals surface area contributed by atoms with Gasteiger partial charge in [0.2, 0.25) is 0 Å². The molecule has 0 heterocycles. The van der Waals surface area contributed by atoms with Crippen molar-refractivity contribution in [2.45, 2.75) is 138 Å². The topological polar surface area (TPSA) is 107 Å². The number of ether oxygens (including phenoxy) is 1. The van der Waals surface area contributed by atoms with Crippen LogP contribution in [0, 0.1) is 50.7 Å². The average Bonchev–Trinajstić information content (AvgIpc) is 3.11. The molecule has 230 valence electrons. The number of carboxylic acid groups (broad SMARTS) is 1. The lowest BCUT2D eigenvalue weighted by Gasteiger charge is -2.70. The van der Waals surface area contributed by atoms with Gasteiger partial charge in [0.25, 0.3) is 0 Å². The smallest absolute Gasteiger partial charge is 0.309 e. The van der Waals surface area contributed by atoms with Crippen LogP contribution in [0.2, 0.25) is 0 Å². The predicted molar refractivity (Wildman–Crippen MR) is 160 cm³/mol. The number of esters is 1. The summed E-state index contributed by atoms with van der Waals surface area (Å²) in [7, 11) is 0. The molecule has 5 aliphatic rings. The number of nitrogens with two attached hydrogens (primary N) is 1. The lowest BCUT2D eigenvalue weighted by molar-refractivity contribution is -0.214. The minimum atomic E-state index is -1.14. The van der Waals surface area contributed by atoms with Crippen molar-refractivity contribution in [2.75, 3.05) is 0 Å². The Kier molecular flexibility index (Phi) is 7.05. The highest BCUT2D eigenvalue weighted by Crippen LogP contribution is 2.75. The summed E-state index contributed by atoms with van der Waals surface area (Å²) in [6, 6.07) is 0. The van der Waals surface area contributed by atoms with Crippen LogP contribution in [0.3, 0.4) is 0 Å². The van der Waals surface area contributed by atoms with Gasteiger partial charge in [-0.3, -0.25) is 14.4 Å². The number of allylic oxidation sites excluding steroid dienone is 1. The summed E-state index contributed by atoms with van der Waals surface area (Å²) in [6.07, 6.45) is 8.33. The van der Waals surface area contributed by atoms with Crippen molar-refractivity contribution in [3.63, 3.8) is 0 Å². The van der Waals surface area contributed by atoms with E-state index in [1.54, 1.807) is 13.8 Å². The van der Waals surface area contributed by atoms with Crippen molar-refractivity contribution in [1.29, 1.82) is 0 Å². The van der Waals surface area contributed by atoms with Crippen molar-refractivity contribution in [2.24, 2.45) is 56.5 Å². The van der Waals surface area contributed by atoms with Gasteiger partial charge in [-0.05, 0) is 105 Å². The monoisotopic (exact) mass is 569 g/mol. The van der Waals surface area contributed by atoms with E-state index < -0.39 is 22.9 Å². The Morgan fingerprint density at radius 1 is 1.00 bits per heavy atom. The average molecular weight is 570 g/mol. The lowest BCUT2D eigenvalue weighted by Crippen LogP contribution is -2.64. The second-order valence-electron chi connectivity index (χ2n) is 17.1. The maximum Gasteiger partial charge on any atom is 0.309 e. The first-order valence-electron chi connectivity index (χ1n) is 16.2. The van der Waals surface area contributed by atoms with E-state index in [1.165, 1.54) is 11.1 Å². The predicted octanol–water partition coefficient (Wildman–Crippen LogP) is 7.09. The Hall–Kier alpha value is -1.69. The van der Waals surface area contributed by atoms with Crippen molar-refractivity contribution in [3.05, 3.63) is 11.1 Å². The van der Waals surface area contributed by atoms with Crippen LogP contribution >= 0.6 is 0 Å². The molecule has 5 aliphatic carbocycles. The number of hydrogen-bond acceptors (Lipinski definition) is 5. The van der Waals surface area contributed by atoms with Gasteiger partial charge in [-0.1, -0.05) is 54.0 Å². The largest absolute Gasteiger partial charge is 0.481 e. The third-order valence-electron chi connectivity index (χ3n) is 13.8. The second kappa shape index (κ2) is 9.40. The minimum absolute atomic E-state index is 0.0307. The molecule has 4 fully saturated rings. The van der Waals surface area contributed by atoms with Crippen LogP contribution in [0.5, 0.6) is 0 Å². The van der Waals surface area contributed by atoms with Gasteiger partial charge in [-0.25, -0.2) is 0 Å². The Morgan fingerprint density at radius 3 is 2.27 bits per heavy atom. The summed E-state index contributed by atoms with van der Waals surface area (Å²) in [5.41, 5.74) is 8.42. The van der Waals surface area contributed by atoms with E-state index in [1.807, 2.05) is 0 Å². The molecule has 0 saturated heterocycles. The fraction of sp³-hybridized carbons (Fsp3) is 0.857. The van der Waals surface area contributed by atoms with E-state index in [2.05, 4.69) is 48.5 Å². The summed E-state index contributed by atoms with van der Waals surface area (Å²) in [5.74, 6) is 0.169. The van der Waals surface area contributed by atoms with E-state index in [0.717, 1.165) is 51.4 Å². The first-order chi connectivity index (χ1) is 18.7. The van der Waals surface area contributed by atoms with E-state index in [-0.39, 0.29) is 46.0 Å². The molecule has 3 N–H and O–H groups in total. The number of ketones is 1. The number of carbonyl (C=O) groups is 3. The van der Waals surface area contributed by atoms with Crippen molar-refractivity contribution < 1.29 is 24.2 Å². The summed E-state index contributed by atoms with van der Waals surface area (Å²) < 4.78 is 6.10. The molecule has 5 rings (SSSR count). The van der Waals surface area contributed by atoms with E-state index in [9.17, 15) is 19.5 Å². The summed E-state index contributed by atoms with van der Waals surface area (Å²) in [6.45, 7) is 19.7. The van der Waals surface area contributed by atoms with Gasteiger partial charge in [0.05, 0.1) is 11.8 Å². The zero-order valence-corrected chi connectivity index (χ0v) is 27.1. The van der Waals surface area contributed by atoms with Gasteiger partial charge in [0, 0.05) is 23.3 Å². The van der Waals surface area contributed by atoms with Gasteiger partial charge in [-0.2, -0.15) is 0 Å². The molecule has 6 heteroatoms. The number of carbonyl (C=O) groups excluding carboxylic acids is 2. The first kappa shape index (κ1) is 30.8. The number of rotatable bonds is 5. The fourth-order valence-corrected chi connectivity index (χ4v) is 11.3. The molecule has 0 aliphatic heterocycles. The number of aliphatic carboxylic acids is 1. The molecule has 8 atom stereocenters. The molecular weight excluding hydrogens is 514 g/mol. The van der Waals surface area contributed by atoms with Crippen molar-refractivity contribution in [3.8, 4) is 0 Å². The zero-order valence-electron chi connectivity index (χ0n) is 27.1. The lowest BCUT2D eigenvalue weighted by atomic mass is 9.34. The Bertz CT molecular complexity index is 1180. The minimum Gasteiger partial charge on any atom is -0.481 e. The van der Waals surface area contributed by atoms with Crippen molar-refractivity contribution in [1.82, 2.24) is 0 Å². The summed E-state index contributed by atoms with van der Waals surface area (Å²) >= 11 is 0. The first-order valence-corrected chi connectivity index (χ1v) is 16.2. The van der Waals surface area contributed by atoms with Gasteiger partial charge in [-0.15, -0.1) is 0 Å². The van der Waals surface area contributed by atoms with Gasteiger partial charge >= 0.3 is 11.9 Å². The third-order valence-corrected chi connectivity index (χ3v) is 13.8. The van der Waals surface area contributed by atoms with Gasteiger partial charge in [0.1, 0.15) is 11.9 Å². The summed E-state index contributed by atoms with van der Waals surface area (Å²) in [4.78, 5) is 37.8. The van der Waals surface area contributed by atoms with Crippen LogP contribution in [0.4, 0.5) is 0 Å². The normalized spacial score (nSPS) is 43.6. The second-order valence-corrected chi connectivity index (χ2v) is 17.1. The Balaban J connectivity index is 1.45. The highest BCUT2D eigenvalue weighted by Gasteiger charge is 2.68. The standard InChI is InChI=1S/C35H55NO5/c1-20(2)27-22(37)18-35(36)17-16-33(8)21(28(27)35)10-11-24-32(7)14-13-25(41-26(38)19-30(3,4)29(39)40)31(5,6)23(32)12-15-34(24,33)9/h20,23-25,27H,10-19,36H2,1-9H3,(H,39,40)/t23-,24+,25-,27?,32-,33+,34+,35+/m0/s1. The molecule has 0 aromatic rings. The molecule has 41 heavy (non-hydrogen) atoms. The Labute approximate surface area is 247 Å². The zero-order chi connectivity index (χ0) is 30.6. The molecular formula is C35H55NO5. The molecule has 0 spiro atoms. The molecule has 1 unspecified atom stereocenters. The quantitative estimate of drug-likeness (QED) is 0.270. The highest BCUT2D eigenvalue weighted by atomic mass is 16.5. The van der Waals surface area contributed by atoms with Crippen LogP contribution in [0.1, 0.15) is 127 Å². The van der Waals surface area contributed by atoms with Gasteiger partial charge in [0.15, 0.2) is 0 Å². The van der Waals surface area contributed by atoms with E-state index >= 15 is 0 Å². The number of fused-ring (bicyclic) bond motifs is 6.